The van der Waals surface area contributed by atoms with E-state index < -0.39 is 17.7 Å². The van der Waals surface area contributed by atoms with Crippen LogP contribution in [-0.2, 0) is 9.59 Å². The molecular formula is C13H15N3O3. The summed E-state index contributed by atoms with van der Waals surface area (Å²) in [4.78, 5) is 35.8. The standard InChI is InChI=1S/C13H15N3O3/c1-7-9(13(15)19)3-2-4-10(7)16-6-8(12(14)18)5-11(16)17/h2-4,8H,5-6H2,1H3,(H2,14,18)(H2,15,19)/t8-/m0/s1. The fourth-order valence-corrected chi connectivity index (χ4v) is 2.31. The monoisotopic (exact) mass is 261 g/mol. The third-order valence-electron chi connectivity index (χ3n) is 3.39. The van der Waals surface area contributed by atoms with Gasteiger partial charge < -0.3 is 16.4 Å². The van der Waals surface area contributed by atoms with E-state index >= 15 is 0 Å². The smallest absolute Gasteiger partial charge is 0.249 e. The normalized spacial score (nSPS) is 18.7. The first kappa shape index (κ1) is 13.1. The van der Waals surface area contributed by atoms with Gasteiger partial charge in [0.25, 0.3) is 0 Å². The Hall–Kier alpha value is -2.37. The Balaban J connectivity index is 2.38. The van der Waals surface area contributed by atoms with Crippen LogP contribution >= 0.6 is 0 Å². The highest BCUT2D eigenvalue weighted by Gasteiger charge is 2.34. The minimum atomic E-state index is -0.544. The van der Waals surface area contributed by atoms with E-state index in [2.05, 4.69) is 0 Å². The van der Waals surface area contributed by atoms with Gasteiger partial charge in [-0.3, -0.25) is 14.4 Å². The Morgan fingerprint density at radius 1 is 1.32 bits per heavy atom. The van der Waals surface area contributed by atoms with Crippen molar-refractivity contribution in [1.29, 1.82) is 0 Å². The molecule has 0 bridgehead atoms. The molecule has 6 nitrogen and oxygen atoms in total. The van der Waals surface area contributed by atoms with Gasteiger partial charge in [-0.25, -0.2) is 0 Å². The van der Waals surface area contributed by atoms with Crippen molar-refractivity contribution < 1.29 is 14.4 Å². The maximum absolute atomic E-state index is 11.9. The van der Waals surface area contributed by atoms with Gasteiger partial charge in [0, 0.05) is 24.2 Å². The number of carbonyl (C=O) groups is 3. The largest absolute Gasteiger partial charge is 0.369 e. The minimum Gasteiger partial charge on any atom is -0.369 e. The Morgan fingerprint density at radius 2 is 2.00 bits per heavy atom. The number of nitrogens with two attached hydrogens (primary N) is 2. The first-order valence-corrected chi connectivity index (χ1v) is 5.91. The molecule has 1 fully saturated rings. The second kappa shape index (κ2) is 4.72. The number of anilines is 1. The van der Waals surface area contributed by atoms with E-state index in [1.54, 1.807) is 25.1 Å². The molecule has 0 saturated carbocycles. The molecule has 1 aromatic rings. The van der Waals surface area contributed by atoms with Crippen molar-refractivity contribution in [3.63, 3.8) is 0 Å². The molecule has 1 saturated heterocycles. The number of nitrogens with zero attached hydrogens (tertiary/aromatic N) is 1. The SMILES string of the molecule is Cc1c(C(N)=O)cccc1N1C[C@@H](C(N)=O)CC1=O. The molecular weight excluding hydrogens is 246 g/mol. The summed E-state index contributed by atoms with van der Waals surface area (Å²) in [6.45, 7) is 1.97. The first-order chi connectivity index (χ1) is 8.91. The van der Waals surface area contributed by atoms with Crippen LogP contribution in [0.2, 0.25) is 0 Å². The third kappa shape index (κ3) is 2.29. The van der Waals surface area contributed by atoms with Crippen molar-refractivity contribution in [2.45, 2.75) is 13.3 Å². The first-order valence-electron chi connectivity index (χ1n) is 5.91. The van der Waals surface area contributed by atoms with E-state index in [0.29, 0.717) is 16.8 Å². The Bertz CT molecular complexity index is 568. The summed E-state index contributed by atoms with van der Waals surface area (Å²) in [6, 6.07) is 4.99. The number of rotatable bonds is 3. The van der Waals surface area contributed by atoms with Crippen molar-refractivity contribution in [2.24, 2.45) is 17.4 Å². The molecule has 0 aliphatic carbocycles. The average Bonchev–Trinajstić information content (AvgIpc) is 2.71. The molecule has 100 valence electrons. The second-order valence-corrected chi connectivity index (χ2v) is 4.62. The predicted octanol–water partition coefficient (Wildman–Crippen LogP) is -0.0679. The highest BCUT2D eigenvalue weighted by Crippen LogP contribution is 2.29. The molecule has 2 rings (SSSR count). The average molecular weight is 261 g/mol. The summed E-state index contributed by atoms with van der Waals surface area (Å²) in [5, 5.41) is 0. The quantitative estimate of drug-likeness (QED) is 0.795. The van der Waals surface area contributed by atoms with Crippen LogP contribution in [0, 0.1) is 12.8 Å². The van der Waals surface area contributed by atoms with E-state index in [4.69, 9.17) is 11.5 Å². The molecule has 6 heteroatoms. The van der Waals surface area contributed by atoms with Crippen LogP contribution in [0.5, 0.6) is 0 Å². The van der Waals surface area contributed by atoms with Gasteiger partial charge in [0.05, 0.1) is 5.92 Å². The fourth-order valence-electron chi connectivity index (χ4n) is 2.31. The number of hydrogen-bond acceptors (Lipinski definition) is 3. The maximum atomic E-state index is 11.9. The lowest BCUT2D eigenvalue weighted by Crippen LogP contribution is -2.29. The number of amides is 3. The van der Waals surface area contributed by atoms with Crippen LogP contribution in [0.4, 0.5) is 5.69 Å². The molecule has 0 spiro atoms. The van der Waals surface area contributed by atoms with E-state index in [9.17, 15) is 14.4 Å². The number of benzene rings is 1. The molecule has 1 aliphatic rings. The topological polar surface area (TPSA) is 106 Å². The molecule has 3 amide bonds. The Morgan fingerprint density at radius 3 is 2.53 bits per heavy atom. The summed E-state index contributed by atoms with van der Waals surface area (Å²) in [5.74, 6) is -1.69. The maximum Gasteiger partial charge on any atom is 0.249 e. The Labute approximate surface area is 110 Å². The van der Waals surface area contributed by atoms with Gasteiger partial charge in [-0.2, -0.15) is 0 Å². The van der Waals surface area contributed by atoms with Crippen LogP contribution < -0.4 is 16.4 Å². The number of carbonyl (C=O) groups excluding carboxylic acids is 3. The lowest BCUT2D eigenvalue weighted by molar-refractivity contribution is -0.123. The van der Waals surface area contributed by atoms with Crippen LogP contribution in [0.25, 0.3) is 0 Å². The van der Waals surface area contributed by atoms with Crippen molar-refractivity contribution in [3.8, 4) is 0 Å². The lowest BCUT2D eigenvalue weighted by Gasteiger charge is -2.20. The van der Waals surface area contributed by atoms with E-state index in [1.807, 2.05) is 0 Å². The van der Waals surface area contributed by atoms with Gasteiger partial charge in [0.2, 0.25) is 17.7 Å². The summed E-state index contributed by atoms with van der Waals surface area (Å²) >= 11 is 0. The van der Waals surface area contributed by atoms with Crippen LogP contribution in [0.15, 0.2) is 18.2 Å². The highest BCUT2D eigenvalue weighted by molar-refractivity contribution is 6.02. The summed E-state index contributed by atoms with van der Waals surface area (Å²) in [5.41, 5.74) is 12.1. The molecule has 0 radical (unpaired) electrons. The third-order valence-corrected chi connectivity index (χ3v) is 3.39. The van der Waals surface area contributed by atoms with Gasteiger partial charge in [0.1, 0.15) is 0 Å². The molecule has 1 atom stereocenters. The number of primary amides is 2. The van der Waals surface area contributed by atoms with E-state index in [1.165, 1.54) is 4.90 Å². The van der Waals surface area contributed by atoms with Crippen molar-refractivity contribution in [1.82, 2.24) is 0 Å². The molecule has 0 unspecified atom stereocenters. The molecule has 1 aromatic carbocycles. The van der Waals surface area contributed by atoms with Crippen LogP contribution in [0.1, 0.15) is 22.3 Å². The Kier molecular flexibility index (Phi) is 3.25. The van der Waals surface area contributed by atoms with Gasteiger partial charge in [-0.05, 0) is 24.6 Å². The summed E-state index contributed by atoms with van der Waals surface area (Å²) < 4.78 is 0. The van der Waals surface area contributed by atoms with Crippen molar-refractivity contribution >= 4 is 23.4 Å². The zero-order chi connectivity index (χ0) is 14.2. The minimum absolute atomic E-state index is 0.107. The molecule has 1 heterocycles. The predicted molar refractivity (Wildman–Crippen MR) is 69.4 cm³/mol. The van der Waals surface area contributed by atoms with Gasteiger partial charge >= 0.3 is 0 Å². The van der Waals surface area contributed by atoms with Crippen LogP contribution in [0.3, 0.4) is 0 Å². The lowest BCUT2D eigenvalue weighted by atomic mass is 10.1. The summed E-state index contributed by atoms with van der Waals surface area (Å²) in [6.07, 6.45) is 0.107. The molecule has 19 heavy (non-hydrogen) atoms. The molecule has 4 N–H and O–H groups in total. The zero-order valence-corrected chi connectivity index (χ0v) is 10.6. The highest BCUT2D eigenvalue weighted by atomic mass is 16.2. The van der Waals surface area contributed by atoms with E-state index in [0.717, 1.165) is 0 Å². The number of hydrogen-bond donors (Lipinski definition) is 2. The van der Waals surface area contributed by atoms with Crippen molar-refractivity contribution in [2.75, 3.05) is 11.4 Å². The van der Waals surface area contributed by atoms with Gasteiger partial charge in [-0.15, -0.1) is 0 Å². The summed E-state index contributed by atoms with van der Waals surface area (Å²) in [7, 11) is 0. The van der Waals surface area contributed by atoms with E-state index in [-0.39, 0.29) is 18.9 Å². The second-order valence-electron chi connectivity index (χ2n) is 4.62. The van der Waals surface area contributed by atoms with Crippen LogP contribution in [-0.4, -0.2) is 24.3 Å². The van der Waals surface area contributed by atoms with Gasteiger partial charge in [0.15, 0.2) is 0 Å². The van der Waals surface area contributed by atoms with Gasteiger partial charge in [-0.1, -0.05) is 6.07 Å². The molecule has 1 aliphatic heterocycles. The zero-order valence-electron chi connectivity index (χ0n) is 10.6. The van der Waals surface area contributed by atoms with Crippen molar-refractivity contribution in [3.05, 3.63) is 29.3 Å². The fraction of sp³-hybridized carbons (Fsp3) is 0.308. The molecule has 0 aromatic heterocycles.